The van der Waals surface area contributed by atoms with Gasteiger partial charge in [0.05, 0.1) is 6.54 Å². The third-order valence-electron chi connectivity index (χ3n) is 5.40. The number of hydrogen-bond donors (Lipinski definition) is 2. The highest BCUT2D eigenvalue weighted by Gasteiger charge is 2.52. The van der Waals surface area contributed by atoms with Crippen molar-refractivity contribution in [2.45, 2.75) is 45.8 Å². The molecule has 0 aromatic heterocycles. The summed E-state index contributed by atoms with van der Waals surface area (Å²) in [6.45, 7) is 5.30. The van der Waals surface area contributed by atoms with Crippen molar-refractivity contribution in [2.24, 2.45) is 11.3 Å². The molecular weight excluding hydrogens is 399 g/mol. The number of carbonyl (C=O) groups is 2. The quantitative estimate of drug-likeness (QED) is 0.702. The van der Waals surface area contributed by atoms with Crippen LogP contribution in [0.1, 0.15) is 44.0 Å². The highest BCUT2D eigenvalue weighted by atomic mass is 19.3. The van der Waals surface area contributed by atoms with Gasteiger partial charge in [-0.25, -0.2) is 4.39 Å². The second kappa shape index (κ2) is 8.45. The van der Waals surface area contributed by atoms with E-state index in [2.05, 4.69) is 20.3 Å². The summed E-state index contributed by atoms with van der Waals surface area (Å²) < 4.78 is 42.2. The lowest BCUT2D eigenvalue weighted by Gasteiger charge is -2.59. The molecule has 6 nitrogen and oxygen atoms in total. The van der Waals surface area contributed by atoms with Gasteiger partial charge in [-0.2, -0.15) is 8.78 Å². The summed E-state index contributed by atoms with van der Waals surface area (Å²) in [5.41, 5.74) is 0.0581. The maximum absolute atomic E-state index is 13.5. The van der Waals surface area contributed by atoms with Crippen LogP contribution in [0.5, 0.6) is 5.75 Å². The number of alkyl halides is 2. The Morgan fingerprint density at radius 3 is 2.53 bits per heavy atom. The van der Waals surface area contributed by atoms with E-state index in [1.165, 1.54) is 6.07 Å². The van der Waals surface area contributed by atoms with Crippen LogP contribution < -0.4 is 15.4 Å². The molecule has 3 rings (SSSR count). The standard InChI is InChI=1S/C21H28F3N3O3/c1-20(2,3)26-17(28)10-27-11-21(12-27)7-13(8-21)9-25-18(29)14-4-5-15(22)16(6-14)30-19(23)24/h4-6,13,19H,7-12H2,1-3H3,(H,25,29)(H,26,28). The van der Waals surface area contributed by atoms with Crippen LogP contribution in [0.15, 0.2) is 18.2 Å². The minimum atomic E-state index is -3.16. The third kappa shape index (κ3) is 5.65. The first-order chi connectivity index (χ1) is 13.9. The van der Waals surface area contributed by atoms with Crippen LogP contribution in [-0.4, -0.2) is 55.0 Å². The number of likely N-dealkylation sites (tertiary alicyclic amines) is 1. The van der Waals surface area contributed by atoms with Gasteiger partial charge in [-0.1, -0.05) is 0 Å². The van der Waals surface area contributed by atoms with Crippen LogP contribution in [0.3, 0.4) is 0 Å². The van der Waals surface area contributed by atoms with E-state index in [4.69, 9.17) is 0 Å². The minimum absolute atomic E-state index is 0.0231. The Hall–Kier alpha value is -2.29. The monoisotopic (exact) mass is 427 g/mol. The van der Waals surface area contributed by atoms with Gasteiger partial charge in [0.1, 0.15) is 0 Å². The molecule has 0 unspecified atom stereocenters. The number of halogens is 3. The summed E-state index contributed by atoms with van der Waals surface area (Å²) in [4.78, 5) is 26.4. The molecular formula is C21H28F3N3O3. The van der Waals surface area contributed by atoms with Crippen molar-refractivity contribution in [3.63, 3.8) is 0 Å². The van der Waals surface area contributed by atoms with Gasteiger partial charge in [0.2, 0.25) is 5.91 Å². The zero-order valence-electron chi connectivity index (χ0n) is 17.4. The van der Waals surface area contributed by atoms with Gasteiger partial charge >= 0.3 is 6.61 Å². The zero-order chi connectivity index (χ0) is 22.1. The molecule has 1 aliphatic heterocycles. The van der Waals surface area contributed by atoms with Gasteiger partial charge < -0.3 is 15.4 Å². The number of benzene rings is 1. The molecule has 1 aromatic carbocycles. The highest BCUT2D eigenvalue weighted by molar-refractivity contribution is 5.94. The Labute approximate surface area is 174 Å². The summed E-state index contributed by atoms with van der Waals surface area (Å²) in [5, 5.41) is 5.73. The van der Waals surface area contributed by atoms with Gasteiger partial charge in [-0.05, 0) is 63.1 Å². The fraction of sp³-hybridized carbons (Fsp3) is 0.619. The fourth-order valence-corrected chi connectivity index (χ4v) is 4.41. The van der Waals surface area contributed by atoms with Crippen LogP contribution in [0, 0.1) is 17.2 Å². The number of amides is 2. The van der Waals surface area contributed by atoms with Gasteiger partial charge in [0.25, 0.3) is 5.91 Å². The molecule has 1 heterocycles. The molecule has 166 valence electrons. The maximum Gasteiger partial charge on any atom is 0.387 e. The molecule has 2 fully saturated rings. The lowest BCUT2D eigenvalue weighted by molar-refractivity contribution is -0.133. The van der Waals surface area contributed by atoms with Crippen molar-refractivity contribution in [3.05, 3.63) is 29.6 Å². The van der Waals surface area contributed by atoms with E-state index in [9.17, 15) is 22.8 Å². The predicted octanol–water partition coefficient (Wildman–Crippen LogP) is 2.78. The summed E-state index contributed by atoms with van der Waals surface area (Å²) >= 11 is 0. The molecule has 1 saturated heterocycles. The largest absolute Gasteiger partial charge is 0.432 e. The molecule has 1 saturated carbocycles. The molecule has 1 aromatic rings. The molecule has 2 N–H and O–H groups in total. The van der Waals surface area contributed by atoms with E-state index in [0.717, 1.165) is 38.1 Å². The first-order valence-corrected chi connectivity index (χ1v) is 10.0. The van der Waals surface area contributed by atoms with Crippen LogP contribution in [0.2, 0.25) is 0 Å². The van der Waals surface area contributed by atoms with Crippen molar-refractivity contribution >= 4 is 11.8 Å². The summed E-state index contributed by atoms with van der Waals surface area (Å²) in [6, 6.07) is 3.15. The van der Waals surface area contributed by atoms with Crippen molar-refractivity contribution in [2.75, 3.05) is 26.2 Å². The highest BCUT2D eigenvalue weighted by Crippen LogP contribution is 2.51. The van der Waals surface area contributed by atoms with Crippen molar-refractivity contribution in [1.29, 1.82) is 0 Å². The first-order valence-electron chi connectivity index (χ1n) is 10.0. The number of rotatable bonds is 7. The molecule has 0 atom stereocenters. The molecule has 0 bridgehead atoms. The molecule has 2 aliphatic rings. The number of nitrogens with zero attached hydrogens (tertiary/aromatic N) is 1. The summed E-state index contributed by atoms with van der Waals surface area (Å²) in [5.74, 6) is -1.69. The average Bonchev–Trinajstić information content (AvgIpc) is 2.54. The minimum Gasteiger partial charge on any atom is -0.432 e. The second-order valence-corrected chi connectivity index (χ2v) is 9.45. The number of ether oxygens (including phenoxy) is 1. The Bertz CT molecular complexity index is 796. The number of nitrogens with one attached hydrogen (secondary N) is 2. The third-order valence-corrected chi connectivity index (χ3v) is 5.40. The SMILES string of the molecule is CC(C)(C)NC(=O)CN1CC2(CC(CNC(=O)c3ccc(F)c(OC(F)F)c3)C2)C1. The molecule has 1 aliphatic carbocycles. The van der Waals surface area contributed by atoms with Crippen LogP contribution in [0.25, 0.3) is 0 Å². The van der Waals surface area contributed by atoms with Crippen molar-refractivity contribution in [3.8, 4) is 5.75 Å². The number of hydrogen-bond acceptors (Lipinski definition) is 4. The lowest BCUT2D eigenvalue weighted by atomic mass is 9.57. The van der Waals surface area contributed by atoms with Gasteiger partial charge in [0, 0.05) is 30.7 Å². The average molecular weight is 427 g/mol. The Balaban J connectivity index is 1.38. The topological polar surface area (TPSA) is 70.7 Å². The van der Waals surface area contributed by atoms with Crippen molar-refractivity contribution in [1.82, 2.24) is 15.5 Å². The van der Waals surface area contributed by atoms with E-state index < -0.39 is 24.1 Å². The summed E-state index contributed by atoms with van der Waals surface area (Å²) in [6.07, 6.45) is 1.93. The van der Waals surface area contributed by atoms with Crippen LogP contribution in [0.4, 0.5) is 13.2 Å². The molecule has 9 heteroatoms. The zero-order valence-corrected chi connectivity index (χ0v) is 17.4. The number of carbonyl (C=O) groups excluding carboxylic acids is 2. The van der Waals surface area contributed by atoms with Crippen molar-refractivity contribution < 1.29 is 27.5 Å². The van der Waals surface area contributed by atoms with E-state index in [1.807, 2.05) is 20.8 Å². The van der Waals surface area contributed by atoms with Gasteiger partial charge in [-0.15, -0.1) is 0 Å². The molecule has 0 radical (unpaired) electrons. The maximum atomic E-state index is 13.5. The second-order valence-electron chi connectivity index (χ2n) is 9.45. The molecule has 30 heavy (non-hydrogen) atoms. The predicted molar refractivity (Wildman–Crippen MR) is 105 cm³/mol. The Morgan fingerprint density at radius 1 is 1.27 bits per heavy atom. The van der Waals surface area contributed by atoms with Gasteiger partial charge in [0.15, 0.2) is 11.6 Å². The Kier molecular flexibility index (Phi) is 6.31. The molecule has 1 spiro atoms. The normalized spacial score (nSPS) is 18.6. The van der Waals surface area contributed by atoms with Gasteiger partial charge in [-0.3, -0.25) is 14.5 Å². The fourth-order valence-electron chi connectivity index (χ4n) is 4.41. The molecule has 2 amide bonds. The van der Waals surface area contributed by atoms with E-state index in [0.29, 0.717) is 19.0 Å². The van der Waals surface area contributed by atoms with E-state index in [-0.39, 0.29) is 22.4 Å². The van der Waals surface area contributed by atoms with Crippen LogP contribution >= 0.6 is 0 Å². The van der Waals surface area contributed by atoms with E-state index >= 15 is 0 Å². The Morgan fingerprint density at radius 2 is 1.93 bits per heavy atom. The van der Waals surface area contributed by atoms with E-state index in [1.54, 1.807) is 0 Å². The first kappa shape index (κ1) is 22.4. The lowest BCUT2D eigenvalue weighted by Crippen LogP contribution is -2.64. The van der Waals surface area contributed by atoms with Crippen LogP contribution in [-0.2, 0) is 4.79 Å². The smallest absolute Gasteiger partial charge is 0.387 e. The summed E-state index contributed by atoms with van der Waals surface area (Å²) in [7, 11) is 0.